The second-order valence-electron chi connectivity index (χ2n) is 7.13. The van der Waals surface area contributed by atoms with Crippen molar-refractivity contribution in [3.8, 4) is 17.2 Å². The maximum Gasteiger partial charge on any atom is 0.277 e. The predicted molar refractivity (Wildman–Crippen MR) is 126 cm³/mol. The molecule has 0 spiro atoms. The molecule has 32 heavy (non-hydrogen) atoms. The molecular weight excluding hydrogens is 428 g/mol. The maximum atomic E-state index is 11.9. The Hall–Kier alpha value is -3.51. The van der Waals surface area contributed by atoms with E-state index in [2.05, 4.69) is 10.5 Å². The zero-order valence-corrected chi connectivity index (χ0v) is 19.0. The molecule has 0 aromatic heterocycles. The molecule has 7 heteroatoms. The maximum absolute atomic E-state index is 11.9. The molecular formula is C25H25ClN2O4. The van der Waals surface area contributed by atoms with Gasteiger partial charge in [0.2, 0.25) is 0 Å². The van der Waals surface area contributed by atoms with Crippen molar-refractivity contribution in [3.05, 3.63) is 87.9 Å². The summed E-state index contributed by atoms with van der Waals surface area (Å²) in [5.74, 6) is 1.70. The minimum atomic E-state index is -0.351. The standard InChI is InChI=1S/C25H25ClN2O4/c1-17-11-22(12-18(2)25(17)26)31-15-20-13-19(9-10-23(20)30-3)14-27-28-24(29)16-32-21-7-5-4-6-8-21/h4-14H,15-16H2,1-3H3,(H,28,29)/b27-14+. The number of aryl methyl sites for hydroxylation is 2. The van der Waals surface area contributed by atoms with Crippen LogP contribution < -0.4 is 19.6 Å². The zero-order valence-electron chi connectivity index (χ0n) is 18.2. The van der Waals surface area contributed by atoms with E-state index in [1.807, 2.05) is 62.4 Å². The average molecular weight is 453 g/mol. The fourth-order valence-electron chi connectivity index (χ4n) is 3.02. The molecule has 0 saturated carbocycles. The van der Waals surface area contributed by atoms with Crippen molar-refractivity contribution in [2.75, 3.05) is 13.7 Å². The molecule has 0 aliphatic heterocycles. The van der Waals surface area contributed by atoms with Gasteiger partial charge >= 0.3 is 0 Å². The van der Waals surface area contributed by atoms with Gasteiger partial charge in [0.05, 0.1) is 13.3 Å². The van der Waals surface area contributed by atoms with E-state index in [0.717, 1.165) is 33.0 Å². The molecule has 1 N–H and O–H groups in total. The third-order valence-corrected chi connectivity index (χ3v) is 5.22. The molecule has 0 radical (unpaired) electrons. The third kappa shape index (κ3) is 6.49. The van der Waals surface area contributed by atoms with Gasteiger partial charge in [-0.2, -0.15) is 5.10 Å². The SMILES string of the molecule is COc1ccc(/C=N/NC(=O)COc2ccccc2)cc1COc1cc(C)c(Cl)c(C)c1. The van der Waals surface area contributed by atoms with Crippen molar-refractivity contribution >= 4 is 23.7 Å². The van der Waals surface area contributed by atoms with Crippen LogP contribution in [0, 0.1) is 13.8 Å². The summed E-state index contributed by atoms with van der Waals surface area (Å²) in [6.07, 6.45) is 1.56. The molecule has 0 saturated heterocycles. The van der Waals surface area contributed by atoms with Gasteiger partial charge in [0.1, 0.15) is 23.9 Å². The number of nitrogens with one attached hydrogen (secondary N) is 1. The Morgan fingerprint density at radius 2 is 1.72 bits per heavy atom. The molecule has 0 aliphatic rings. The Balaban J connectivity index is 1.59. The largest absolute Gasteiger partial charge is 0.496 e. The summed E-state index contributed by atoms with van der Waals surface area (Å²) in [5, 5.41) is 4.74. The van der Waals surface area contributed by atoms with E-state index in [0.29, 0.717) is 18.1 Å². The van der Waals surface area contributed by atoms with Crippen molar-refractivity contribution in [2.24, 2.45) is 5.10 Å². The number of amides is 1. The first-order chi connectivity index (χ1) is 15.5. The molecule has 3 rings (SSSR count). The van der Waals surface area contributed by atoms with Crippen LogP contribution in [0.4, 0.5) is 0 Å². The molecule has 0 bridgehead atoms. The number of carbonyl (C=O) groups excluding carboxylic acids is 1. The summed E-state index contributed by atoms with van der Waals surface area (Å²) in [7, 11) is 1.61. The highest BCUT2D eigenvalue weighted by Gasteiger charge is 2.08. The number of hydrazone groups is 1. The fourth-order valence-corrected chi connectivity index (χ4v) is 3.13. The van der Waals surface area contributed by atoms with E-state index in [9.17, 15) is 4.79 Å². The molecule has 0 unspecified atom stereocenters. The Labute approximate surface area is 192 Å². The van der Waals surface area contributed by atoms with E-state index in [1.165, 1.54) is 0 Å². The predicted octanol–water partition coefficient (Wildman–Crippen LogP) is 5.07. The average Bonchev–Trinajstić information content (AvgIpc) is 2.80. The Morgan fingerprint density at radius 3 is 2.41 bits per heavy atom. The lowest BCUT2D eigenvalue weighted by Crippen LogP contribution is -2.24. The number of rotatable bonds is 9. The van der Waals surface area contributed by atoms with Gasteiger partial charge in [0.15, 0.2) is 6.61 Å². The van der Waals surface area contributed by atoms with Crippen LogP contribution >= 0.6 is 11.6 Å². The number of para-hydroxylation sites is 1. The highest BCUT2D eigenvalue weighted by molar-refractivity contribution is 6.32. The number of nitrogens with zero attached hydrogens (tertiary/aromatic N) is 1. The number of carbonyl (C=O) groups is 1. The number of hydrogen-bond acceptors (Lipinski definition) is 5. The minimum absolute atomic E-state index is 0.122. The highest BCUT2D eigenvalue weighted by atomic mass is 35.5. The van der Waals surface area contributed by atoms with Gasteiger partial charge < -0.3 is 14.2 Å². The highest BCUT2D eigenvalue weighted by Crippen LogP contribution is 2.27. The first kappa shape index (κ1) is 23.2. The van der Waals surface area contributed by atoms with Gasteiger partial charge in [-0.25, -0.2) is 5.43 Å². The van der Waals surface area contributed by atoms with Crippen LogP contribution in [0.3, 0.4) is 0 Å². The van der Waals surface area contributed by atoms with Crippen molar-refractivity contribution in [2.45, 2.75) is 20.5 Å². The van der Waals surface area contributed by atoms with Gasteiger partial charge in [0.25, 0.3) is 5.91 Å². The lowest BCUT2D eigenvalue weighted by Gasteiger charge is -2.13. The van der Waals surface area contributed by atoms with Crippen LogP contribution in [0.5, 0.6) is 17.2 Å². The summed E-state index contributed by atoms with van der Waals surface area (Å²) in [4.78, 5) is 11.9. The fraction of sp³-hybridized carbons (Fsp3) is 0.200. The molecule has 1 amide bonds. The van der Waals surface area contributed by atoms with Crippen LogP contribution in [-0.4, -0.2) is 25.8 Å². The van der Waals surface area contributed by atoms with Crippen LogP contribution in [-0.2, 0) is 11.4 Å². The summed E-state index contributed by atoms with van der Waals surface area (Å²) < 4.78 is 16.8. The van der Waals surface area contributed by atoms with E-state index in [-0.39, 0.29) is 12.5 Å². The molecule has 3 aromatic rings. The number of benzene rings is 3. The Kier molecular flexibility index (Phi) is 8.11. The smallest absolute Gasteiger partial charge is 0.277 e. The zero-order chi connectivity index (χ0) is 22.9. The van der Waals surface area contributed by atoms with Crippen LogP contribution in [0.25, 0.3) is 0 Å². The van der Waals surface area contributed by atoms with E-state index >= 15 is 0 Å². The molecule has 6 nitrogen and oxygen atoms in total. The number of hydrogen-bond donors (Lipinski definition) is 1. The summed E-state index contributed by atoms with van der Waals surface area (Å²) in [5.41, 5.74) is 6.01. The second-order valence-corrected chi connectivity index (χ2v) is 7.50. The number of ether oxygens (including phenoxy) is 3. The third-order valence-electron chi connectivity index (χ3n) is 4.62. The number of methoxy groups -OCH3 is 1. The van der Waals surface area contributed by atoms with Gasteiger partial charge in [-0.3, -0.25) is 4.79 Å². The lowest BCUT2D eigenvalue weighted by molar-refractivity contribution is -0.123. The molecule has 0 aliphatic carbocycles. The molecule has 0 heterocycles. The monoisotopic (exact) mass is 452 g/mol. The molecule has 0 atom stereocenters. The Morgan fingerprint density at radius 1 is 1.00 bits per heavy atom. The van der Waals surface area contributed by atoms with E-state index < -0.39 is 0 Å². The second kappa shape index (κ2) is 11.2. The number of halogens is 1. The first-order valence-electron chi connectivity index (χ1n) is 10.0. The van der Waals surface area contributed by atoms with E-state index in [4.69, 9.17) is 25.8 Å². The Bertz CT molecular complexity index is 1080. The van der Waals surface area contributed by atoms with Crippen molar-refractivity contribution < 1.29 is 19.0 Å². The summed E-state index contributed by atoms with van der Waals surface area (Å²) in [6, 6.07) is 18.5. The van der Waals surface area contributed by atoms with Crippen LogP contribution in [0.15, 0.2) is 65.8 Å². The molecule has 0 fully saturated rings. The summed E-state index contributed by atoms with van der Waals surface area (Å²) in [6.45, 7) is 4.07. The lowest BCUT2D eigenvalue weighted by atomic mass is 10.1. The van der Waals surface area contributed by atoms with Crippen LogP contribution in [0.2, 0.25) is 5.02 Å². The van der Waals surface area contributed by atoms with Crippen LogP contribution in [0.1, 0.15) is 22.3 Å². The van der Waals surface area contributed by atoms with E-state index in [1.54, 1.807) is 25.5 Å². The molecule has 3 aromatic carbocycles. The van der Waals surface area contributed by atoms with Crippen molar-refractivity contribution in [1.82, 2.24) is 5.43 Å². The topological polar surface area (TPSA) is 69.2 Å². The first-order valence-corrected chi connectivity index (χ1v) is 10.4. The molecule has 166 valence electrons. The van der Waals surface area contributed by atoms with Gasteiger partial charge in [-0.05, 0) is 73.0 Å². The normalized spacial score (nSPS) is 10.8. The van der Waals surface area contributed by atoms with Crippen molar-refractivity contribution in [3.63, 3.8) is 0 Å². The van der Waals surface area contributed by atoms with Gasteiger partial charge in [-0.1, -0.05) is 29.8 Å². The quantitative estimate of drug-likeness (QED) is 0.363. The van der Waals surface area contributed by atoms with Gasteiger partial charge in [-0.15, -0.1) is 0 Å². The summed E-state index contributed by atoms with van der Waals surface area (Å²) >= 11 is 6.23. The van der Waals surface area contributed by atoms with Gasteiger partial charge in [0, 0.05) is 10.6 Å². The minimum Gasteiger partial charge on any atom is -0.496 e. The van der Waals surface area contributed by atoms with Crippen molar-refractivity contribution in [1.29, 1.82) is 0 Å².